The van der Waals surface area contributed by atoms with Gasteiger partial charge in [-0.3, -0.25) is 4.79 Å². The van der Waals surface area contributed by atoms with Gasteiger partial charge in [0, 0.05) is 6.42 Å². The van der Waals surface area contributed by atoms with Gasteiger partial charge >= 0.3 is 5.97 Å². The topological polar surface area (TPSA) is 46.5 Å². The quantitative estimate of drug-likeness (QED) is 0.823. The Hall–Kier alpha value is -1.51. The Bertz CT molecular complexity index is 371. The number of ether oxygens (including phenoxy) is 1. The number of para-hydroxylation sites is 1. The van der Waals surface area contributed by atoms with Crippen molar-refractivity contribution in [2.75, 3.05) is 6.61 Å². The normalized spacial score (nSPS) is 14.1. The van der Waals surface area contributed by atoms with E-state index in [2.05, 4.69) is 6.07 Å². The minimum Gasteiger partial charge on any atom is -0.493 e. The number of hydrogen-bond acceptors (Lipinski definition) is 2. The van der Waals surface area contributed by atoms with Crippen molar-refractivity contribution in [1.29, 1.82) is 0 Å². The van der Waals surface area contributed by atoms with Crippen LogP contribution >= 0.6 is 0 Å². The molecule has 3 nitrogen and oxygen atoms in total. The standard InChI is InChI=1S/C12H14O3/c13-11(14)7-6-10-4-1-3-9-5-2-8-15-12(9)10/h1,3-4H,2,5-8H2,(H,13,14). The lowest BCUT2D eigenvalue weighted by Gasteiger charge is -2.19. The van der Waals surface area contributed by atoms with Crippen molar-refractivity contribution < 1.29 is 14.6 Å². The molecule has 0 saturated heterocycles. The van der Waals surface area contributed by atoms with E-state index in [0.29, 0.717) is 6.42 Å². The molecule has 3 heteroatoms. The summed E-state index contributed by atoms with van der Waals surface area (Å²) in [6, 6.07) is 5.98. The number of carboxylic acids is 1. The number of rotatable bonds is 3. The number of fused-ring (bicyclic) bond motifs is 1. The second-order valence-electron chi connectivity index (χ2n) is 3.75. The Morgan fingerprint density at radius 2 is 2.33 bits per heavy atom. The summed E-state index contributed by atoms with van der Waals surface area (Å²) in [5, 5.41) is 8.64. The lowest BCUT2D eigenvalue weighted by Crippen LogP contribution is -2.11. The van der Waals surface area contributed by atoms with Crippen molar-refractivity contribution >= 4 is 5.97 Å². The summed E-state index contributed by atoms with van der Waals surface area (Å²) in [4.78, 5) is 10.5. The molecule has 0 fully saturated rings. The first-order valence-electron chi connectivity index (χ1n) is 5.23. The van der Waals surface area contributed by atoms with Crippen molar-refractivity contribution in [3.63, 3.8) is 0 Å². The molecule has 1 aliphatic heterocycles. The van der Waals surface area contributed by atoms with E-state index in [0.717, 1.165) is 30.8 Å². The zero-order valence-corrected chi connectivity index (χ0v) is 8.53. The van der Waals surface area contributed by atoms with Gasteiger partial charge in [-0.25, -0.2) is 0 Å². The molecule has 2 rings (SSSR count). The van der Waals surface area contributed by atoms with Crippen LogP contribution in [0.3, 0.4) is 0 Å². The molecule has 0 spiro atoms. The third-order valence-corrected chi connectivity index (χ3v) is 2.62. The van der Waals surface area contributed by atoms with E-state index in [1.165, 1.54) is 5.56 Å². The van der Waals surface area contributed by atoms with Gasteiger partial charge < -0.3 is 9.84 Å². The van der Waals surface area contributed by atoms with Gasteiger partial charge in [-0.1, -0.05) is 18.2 Å². The second-order valence-corrected chi connectivity index (χ2v) is 3.75. The summed E-state index contributed by atoms with van der Waals surface area (Å²) >= 11 is 0. The molecule has 1 heterocycles. The summed E-state index contributed by atoms with van der Waals surface area (Å²) in [5.41, 5.74) is 2.23. The lowest BCUT2D eigenvalue weighted by molar-refractivity contribution is -0.136. The van der Waals surface area contributed by atoms with E-state index in [1.807, 2.05) is 12.1 Å². The maximum absolute atomic E-state index is 10.5. The van der Waals surface area contributed by atoms with Crippen LogP contribution in [-0.4, -0.2) is 17.7 Å². The maximum atomic E-state index is 10.5. The number of carbonyl (C=O) groups is 1. The smallest absolute Gasteiger partial charge is 0.303 e. The first-order valence-corrected chi connectivity index (χ1v) is 5.23. The van der Waals surface area contributed by atoms with Gasteiger partial charge in [0.2, 0.25) is 0 Å². The predicted molar refractivity (Wildman–Crippen MR) is 56.2 cm³/mol. The van der Waals surface area contributed by atoms with Crippen molar-refractivity contribution in [1.82, 2.24) is 0 Å². The molecule has 1 aromatic rings. The summed E-state index contributed by atoms with van der Waals surface area (Å²) in [7, 11) is 0. The van der Waals surface area contributed by atoms with Gasteiger partial charge in [0.05, 0.1) is 6.61 Å². The van der Waals surface area contributed by atoms with Gasteiger partial charge in [-0.2, -0.15) is 0 Å². The molecule has 0 aromatic heterocycles. The Balaban J connectivity index is 2.19. The molecule has 0 bridgehead atoms. The van der Waals surface area contributed by atoms with E-state index in [4.69, 9.17) is 9.84 Å². The van der Waals surface area contributed by atoms with Crippen LogP contribution in [0.5, 0.6) is 5.75 Å². The van der Waals surface area contributed by atoms with Gasteiger partial charge in [-0.05, 0) is 30.4 Å². The van der Waals surface area contributed by atoms with Crippen LogP contribution in [0, 0.1) is 0 Å². The van der Waals surface area contributed by atoms with E-state index < -0.39 is 5.97 Å². The first kappa shape index (κ1) is 10.0. The molecule has 0 aliphatic carbocycles. The molecule has 0 saturated carbocycles. The molecule has 0 atom stereocenters. The SMILES string of the molecule is O=C(O)CCc1cccc2c1OCCC2. The summed E-state index contributed by atoms with van der Waals surface area (Å²) in [6.07, 6.45) is 2.81. The van der Waals surface area contributed by atoms with Crippen LogP contribution in [0.15, 0.2) is 18.2 Å². The highest BCUT2D eigenvalue weighted by molar-refractivity contribution is 5.67. The molecule has 0 amide bonds. The summed E-state index contributed by atoms with van der Waals surface area (Å²) in [5.74, 6) is 0.161. The van der Waals surface area contributed by atoms with Crippen molar-refractivity contribution in [2.24, 2.45) is 0 Å². The van der Waals surface area contributed by atoms with Crippen LogP contribution in [0.4, 0.5) is 0 Å². The molecule has 15 heavy (non-hydrogen) atoms. The average Bonchev–Trinajstić information content (AvgIpc) is 2.26. The largest absolute Gasteiger partial charge is 0.493 e. The highest BCUT2D eigenvalue weighted by Gasteiger charge is 2.14. The minimum atomic E-state index is -0.761. The van der Waals surface area contributed by atoms with Crippen LogP contribution in [0.25, 0.3) is 0 Å². The van der Waals surface area contributed by atoms with Gasteiger partial charge in [0.25, 0.3) is 0 Å². The first-order chi connectivity index (χ1) is 7.27. The van der Waals surface area contributed by atoms with Gasteiger partial charge in [0.1, 0.15) is 5.75 Å². The molecule has 1 aliphatic rings. The number of aliphatic carboxylic acids is 1. The molecule has 0 unspecified atom stereocenters. The predicted octanol–water partition coefficient (Wildman–Crippen LogP) is 2.03. The fourth-order valence-electron chi connectivity index (χ4n) is 1.90. The highest BCUT2D eigenvalue weighted by atomic mass is 16.5. The Morgan fingerprint density at radius 1 is 1.47 bits per heavy atom. The van der Waals surface area contributed by atoms with E-state index >= 15 is 0 Å². The van der Waals surface area contributed by atoms with Crippen LogP contribution < -0.4 is 4.74 Å². The monoisotopic (exact) mass is 206 g/mol. The van der Waals surface area contributed by atoms with Gasteiger partial charge in [0.15, 0.2) is 0 Å². The average molecular weight is 206 g/mol. The van der Waals surface area contributed by atoms with Crippen molar-refractivity contribution in [2.45, 2.75) is 25.7 Å². The van der Waals surface area contributed by atoms with Crippen molar-refractivity contribution in [3.8, 4) is 5.75 Å². The zero-order chi connectivity index (χ0) is 10.7. The Kier molecular flexibility index (Phi) is 2.90. The number of carboxylic acid groups (broad SMARTS) is 1. The zero-order valence-electron chi connectivity index (χ0n) is 8.53. The van der Waals surface area contributed by atoms with Crippen molar-refractivity contribution in [3.05, 3.63) is 29.3 Å². The fraction of sp³-hybridized carbons (Fsp3) is 0.417. The molecule has 0 radical (unpaired) electrons. The summed E-state index contributed by atoms with van der Waals surface area (Å²) < 4.78 is 5.59. The number of hydrogen-bond donors (Lipinski definition) is 1. The number of aryl methyl sites for hydroxylation is 2. The molecular weight excluding hydrogens is 192 g/mol. The van der Waals surface area contributed by atoms with E-state index in [1.54, 1.807) is 0 Å². The third-order valence-electron chi connectivity index (χ3n) is 2.62. The van der Waals surface area contributed by atoms with Crippen LogP contribution in [0.1, 0.15) is 24.0 Å². The number of benzene rings is 1. The Morgan fingerprint density at radius 3 is 3.13 bits per heavy atom. The van der Waals surface area contributed by atoms with Crippen LogP contribution in [0.2, 0.25) is 0 Å². The summed E-state index contributed by atoms with van der Waals surface area (Å²) in [6.45, 7) is 0.747. The van der Waals surface area contributed by atoms with Crippen LogP contribution in [-0.2, 0) is 17.6 Å². The molecular formula is C12H14O3. The van der Waals surface area contributed by atoms with E-state index in [9.17, 15) is 4.79 Å². The Labute approximate surface area is 88.7 Å². The molecule has 1 N–H and O–H groups in total. The molecule has 1 aromatic carbocycles. The maximum Gasteiger partial charge on any atom is 0.303 e. The fourth-order valence-corrected chi connectivity index (χ4v) is 1.90. The van der Waals surface area contributed by atoms with Gasteiger partial charge in [-0.15, -0.1) is 0 Å². The lowest BCUT2D eigenvalue weighted by atomic mass is 10.00. The minimum absolute atomic E-state index is 0.166. The van der Waals surface area contributed by atoms with E-state index in [-0.39, 0.29) is 6.42 Å². The third kappa shape index (κ3) is 2.29. The second kappa shape index (κ2) is 4.34. The molecule has 80 valence electrons. The highest BCUT2D eigenvalue weighted by Crippen LogP contribution is 2.29.